The molecule has 15 heteroatoms. The van der Waals surface area contributed by atoms with E-state index in [2.05, 4.69) is 0 Å². The molecule has 1 heterocycles. The van der Waals surface area contributed by atoms with E-state index in [0.29, 0.717) is 0 Å². The summed E-state index contributed by atoms with van der Waals surface area (Å²) < 4.78 is 136. The zero-order valence-electron chi connectivity index (χ0n) is 14.5. The smallest absolute Gasteiger partial charge is 0.428 e. The molecule has 166 valence electrons. The van der Waals surface area contributed by atoms with Gasteiger partial charge in [0.15, 0.2) is 10.1 Å². The maximum absolute atomic E-state index is 14.0. The van der Waals surface area contributed by atoms with Crippen LogP contribution < -0.4 is 0 Å². The van der Waals surface area contributed by atoms with Gasteiger partial charge in [0.1, 0.15) is 0 Å². The molecule has 0 aromatic heterocycles. The molecule has 2 rings (SSSR count). The Morgan fingerprint density at radius 3 is 1.64 bits per heavy atom. The van der Waals surface area contributed by atoms with E-state index in [-0.39, 0.29) is 23.4 Å². The standard InChI is InChI=1S/C13H20F6N2O5S2/c14-11(15,13(18,19)28(24,25)26)12(16,17)27(22,23)21-8-6-20(7-9-21)10-4-2-1-3-5-10/h10H,1-9H2,(H,24,25,26)/p-1. The van der Waals surface area contributed by atoms with Crippen LogP contribution in [0.2, 0.25) is 0 Å². The molecule has 1 saturated heterocycles. The highest BCUT2D eigenvalue weighted by molar-refractivity contribution is 7.90. The molecule has 0 atom stereocenters. The second kappa shape index (κ2) is 7.56. The quantitative estimate of drug-likeness (QED) is 0.441. The highest BCUT2D eigenvalue weighted by atomic mass is 32.2. The fraction of sp³-hybridized carbons (Fsp3) is 1.00. The first-order valence-electron chi connectivity index (χ1n) is 8.40. The molecule has 0 radical (unpaired) electrons. The molecule has 28 heavy (non-hydrogen) atoms. The van der Waals surface area contributed by atoms with Gasteiger partial charge in [0, 0.05) is 32.2 Å². The van der Waals surface area contributed by atoms with Crippen LogP contribution in [-0.2, 0) is 20.1 Å². The second-order valence-corrected chi connectivity index (χ2v) is 10.2. The molecule has 2 aliphatic rings. The molecule has 0 unspecified atom stereocenters. The van der Waals surface area contributed by atoms with E-state index in [1.54, 1.807) is 0 Å². The lowest BCUT2D eigenvalue weighted by Gasteiger charge is -2.42. The summed E-state index contributed by atoms with van der Waals surface area (Å²) in [6, 6.07) is 0.0931. The van der Waals surface area contributed by atoms with Crippen LogP contribution in [0.5, 0.6) is 0 Å². The minimum Gasteiger partial charge on any atom is -0.743 e. The number of nitrogens with zero attached hydrogens (tertiary/aromatic N) is 2. The van der Waals surface area contributed by atoms with Crippen molar-refractivity contribution in [3.8, 4) is 0 Å². The number of hydrogen-bond donors (Lipinski definition) is 0. The fourth-order valence-corrected chi connectivity index (χ4v) is 5.33. The Balaban J connectivity index is 2.21. The van der Waals surface area contributed by atoms with E-state index in [1.165, 1.54) is 0 Å². The van der Waals surface area contributed by atoms with Crippen LogP contribution in [0.4, 0.5) is 26.3 Å². The van der Waals surface area contributed by atoms with Crippen LogP contribution in [0.25, 0.3) is 0 Å². The molecule has 2 fully saturated rings. The Bertz CT molecular complexity index is 775. The summed E-state index contributed by atoms with van der Waals surface area (Å²) in [4.78, 5) is 1.82. The average molecular weight is 461 g/mol. The Morgan fingerprint density at radius 1 is 0.750 bits per heavy atom. The lowest BCUT2D eigenvalue weighted by Crippen LogP contribution is -2.64. The van der Waals surface area contributed by atoms with Crippen LogP contribution in [0, 0.1) is 0 Å². The van der Waals surface area contributed by atoms with Crippen molar-refractivity contribution in [2.45, 2.75) is 54.6 Å². The Morgan fingerprint density at radius 2 is 1.21 bits per heavy atom. The van der Waals surface area contributed by atoms with Gasteiger partial charge in [-0.25, -0.2) is 16.8 Å². The van der Waals surface area contributed by atoms with Crippen LogP contribution in [0.15, 0.2) is 0 Å². The molecule has 0 aromatic rings. The van der Waals surface area contributed by atoms with Crippen LogP contribution in [0.1, 0.15) is 32.1 Å². The normalized spacial score (nSPS) is 23.1. The molecular formula is C13H19F6N2O5S2-. The number of rotatable bonds is 6. The van der Waals surface area contributed by atoms with Crippen molar-refractivity contribution in [2.24, 2.45) is 0 Å². The van der Waals surface area contributed by atoms with E-state index in [9.17, 15) is 47.7 Å². The Kier molecular flexibility index (Phi) is 6.38. The van der Waals surface area contributed by atoms with Crippen molar-refractivity contribution in [1.82, 2.24) is 9.21 Å². The zero-order valence-corrected chi connectivity index (χ0v) is 16.1. The van der Waals surface area contributed by atoms with Gasteiger partial charge in [-0.05, 0) is 12.8 Å². The largest absolute Gasteiger partial charge is 0.743 e. The molecule has 7 nitrogen and oxygen atoms in total. The van der Waals surface area contributed by atoms with Crippen molar-refractivity contribution >= 4 is 20.1 Å². The average Bonchev–Trinajstić information content (AvgIpc) is 2.61. The Labute approximate surface area is 158 Å². The zero-order chi connectivity index (χ0) is 21.6. The Hall–Kier alpha value is -0.640. The SMILES string of the molecule is O=S(=O)([O-])C(F)(F)C(F)(F)C(F)(F)S(=O)(=O)N1CCN(C2CCCCC2)CC1. The van der Waals surface area contributed by atoms with Gasteiger partial charge in [0.2, 0.25) is 0 Å². The van der Waals surface area contributed by atoms with Gasteiger partial charge in [-0.2, -0.15) is 30.6 Å². The van der Waals surface area contributed by atoms with Gasteiger partial charge in [-0.1, -0.05) is 19.3 Å². The predicted octanol–water partition coefficient (Wildman–Crippen LogP) is 1.63. The van der Waals surface area contributed by atoms with Gasteiger partial charge >= 0.3 is 16.4 Å². The third kappa shape index (κ3) is 3.75. The van der Waals surface area contributed by atoms with Gasteiger partial charge in [0.25, 0.3) is 10.0 Å². The lowest BCUT2D eigenvalue weighted by molar-refractivity contribution is -0.247. The maximum atomic E-state index is 14.0. The monoisotopic (exact) mass is 461 g/mol. The summed E-state index contributed by atoms with van der Waals surface area (Å²) in [7, 11) is -13.6. The highest BCUT2D eigenvalue weighted by Crippen LogP contribution is 2.51. The van der Waals surface area contributed by atoms with E-state index in [0.717, 1.165) is 32.1 Å². The van der Waals surface area contributed by atoms with Gasteiger partial charge in [-0.15, -0.1) is 0 Å². The number of hydrogen-bond acceptors (Lipinski definition) is 6. The van der Waals surface area contributed by atoms with Crippen LogP contribution in [0.3, 0.4) is 0 Å². The van der Waals surface area contributed by atoms with E-state index < -0.39 is 49.7 Å². The van der Waals surface area contributed by atoms with Gasteiger partial charge < -0.3 is 4.55 Å². The summed E-state index contributed by atoms with van der Waals surface area (Å²) >= 11 is 0. The summed E-state index contributed by atoms with van der Waals surface area (Å²) in [6.07, 6.45) is 4.53. The van der Waals surface area contributed by atoms with Crippen molar-refractivity contribution in [3.05, 3.63) is 0 Å². The minimum atomic E-state index is -7.26. The van der Waals surface area contributed by atoms with E-state index in [1.807, 2.05) is 4.90 Å². The first kappa shape index (κ1) is 23.6. The number of halogens is 6. The topological polar surface area (TPSA) is 97.8 Å². The maximum Gasteiger partial charge on any atom is 0.428 e. The summed E-state index contributed by atoms with van der Waals surface area (Å²) in [6.45, 7) is -1.44. The van der Waals surface area contributed by atoms with Crippen LogP contribution >= 0.6 is 0 Å². The molecule has 0 bridgehead atoms. The summed E-state index contributed by atoms with van der Waals surface area (Å²) in [5, 5.41) is -13.3. The third-order valence-electron chi connectivity index (χ3n) is 5.07. The molecule has 0 spiro atoms. The summed E-state index contributed by atoms with van der Waals surface area (Å²) in [5.74, 6) is -6.96. The van der Waals surface area contributed by atoms with Crippen molar-refractivity contribution in [1.29, 1.82) is 0 Å². The minimum absolute atomic E-state index is 0.0677. The second-order valence-electron chi connectivity index (χ2n) is 6.79. The van der Waals surface area contributed by atoms with Gasteiger partial charge in [-0.3, -0.25) is 4.90 Å². The molecular weight excluding hydrogens is 442 g/mol. The first-order chi connectivity index (χ1) is 12.6. The van der Waals surface area contributed by atoms with Gasteiger partial charge in [0.05, 0.1) is 0 Å². The lowest BCUT2D eigenvalue weighted by atomic mass is 9.94. The number of sulfonamides is 1. The molecule has 0 N–H and O–H groups in total. The molecule has 0 aromatic carbocycles. The van der Waals surface area contributed by atoms with Crippen LogP contribution in [-0.4, -0.2) is 79.2 Å². The van der Waals surface area contributed by atoms with Crippen molar-refractivity contribution < 1.29 is 47.7 Å². The molecule has 1 aliphatic heterocycles. The van der Waals surface area contributed by atoms with Crippen molar-refractivity contribution in [3.63, 3.8) is 0 Å². The molecule has 0 amide bonds. The first-order valence-corrected chi connectivity index (χ1v) is 11.2. The molecule has 1 saturated carbocycles. The third-order valence-corrected chi connectivity index (χ3v) is 7.91. The highest BCUT2D eigenvalue weighted by Gasteiger charge is 2.80. The number of alkyl halides is 6. The van der Waals surface area contributed by atoms with E-state index >= 15 is 0 Å². The number of piperazine rings is 1. The fourth-order valence-electron chi connectivity index (χ4n) is 3.41. The predicted molar refractivity (Wildman–Crippen MR) is 83.5 cm³/mol. The molecule has 1 aliphatic carbocycles. The van der Waals surface area contributed by atoms with E-state index in [4.69, 9.17) is 0 Å². The van der Waals surface area contributed by atoms with Crippen molar-refractivity contribution in [2.75, 3.05) is 26.2 Å². The summed E-state index contributed by atoms with van der Waals surface area (Å²) in [5.41, 5.74) is 0.